The first-order chi connectivity index (χ1) is 14.3. The Morgan fingerprint density at radius 1 is 0.931 bits per heavy atom. The molecule has 9 nitrogen and oxygen atoms in total. The second-order valence-electron chi connectivity index (χ2n) is 7.28. The third-order valence-electron chi connectivity index (χ3n) is 5.32. The fourth-order valence-electron chi connectivity index (χ4n) is 3.72. The molecule has 29 heavy (non-hydrogen) atoms. The average molecular weight is 395 g/mol. The highest BCUT2D eigenvalue weighted by molar-refractivity contribution is 5.86. The highest BCUT2D eigenvalue weighted by atomic mass is 16.5. The first-order valence-electron chi connectivity index (χ1n) is 10.0. The second kappa shape index (κ2) is 8.32. The number of nitrogens with zero attached hydrogens (tertiary/aromatic N) is 5. The van der Waals surface area contributed by atoms with Gasteiger partial charge < -0.3 is 19.7 Å². The zero-order valence-electron chi connectivity index (χ0n) is 16.3. The van der Waals surface area contributed by atoms with E-state index in [0.717, 1.165) is 81.0 Å². The first kappa shape index (κ1) is 18.3. The highest BCUT2D eigenvalue weighted by Gasteiger charge is 2.16. The molecule has 0 amide bonds. The van der Waals surface area contributed by atoms with Crippen LogP contribution in [0.1, 0.15) is 5.82 Å². The Morgan fingerprint density at radius 3 is 2.41 bits per heavy atom. The minimum atomic E-state index is 0.704. The van der Waals surface area contributed by atoms with Crippen LogP contribution in [0.2, 0.25) is 0 Å². The van der Waals surface area contributed by atoms with Gasteiger partial charge in [-0.2, -0.15) is 5.10 Å². The molecule has 2 N–H and O–H groups in total. The van der Waals surface area contributed by atoms with Gasteiger partial charge in [-0.3, -0.25) is 10.00 Å². The lowest BCUT2D eigenvalue weighted by Crippen LogP contribution is -2.36. The normalized spacial score (nSPS) is 18.3. The molecular formula is C20H25N7O2. The van der Waals surface area contributed by atoms with E-state index < -0.39 is 0 Å². The van der Waals surface area contributed by atoms with Crippen molar-refractivity contribution >= 4 is 28.2 Å². The summed E-state index contributed by atoms with van der Waals surface area (Å²) in [5, 5.41) is 10.6. The van der Waals surface area contributed by atoms with Crippen molar-refractivity contribution in [3.05, 3.63) is 36.3 Å². The van der Waals surface area contributed by atoms with Crippen LogP contribution in [0.15, 0.2) is 30.5 Å². The van der Waals surface area contributed by atoms with Crippen LogP contribution in [0, 0.1) is 0 Å². The highest BCUT2D eigenvalue weighted by Crippen LogP contribution is 2.25. The molecule has 2 saturated heterocycles. The van der Waals surface area contributed by atoms with Crippen LogP contribution in [0.25, 0.3) is 11.0 Å². The number of fused-ring (bicyclic) bond motifs is 1. The fourth-order valence-corrected chi connectivity index (χ4v) is 3.72. The number of nitrogens with one attached hydrogen (secondary N) is 2. The molecule has 1 aromatic carbocycles. The molecule has 0 bridgehead atoms. The van der Waals surface area contributed by atoms with Gasteiger partial charge in [0, 0.05) is 37.6 Å². The van der Waals surface area contributed by atoms with Gasteiger partial charge in [-0.15, -0.1) is 0 Å². The Bertz CT molecular complexity index is 947. The van der Waals surface area contributed by atoms with Gasteiger partial charge in [-0.25, -0.2) is 9.97 Å². The standard InChI is InChI=1S/C20H25N7O2/c1-3-16(27-7-11-29-12-8-27)4-2-15(1)22-20-19-17(13-21-25-19)23-18(24-20)14-26-5-9-28-10-6-26/h1-4,13H,5-12,14H2,(H,21,25)(H,22,23,24). The van der Waals surface area contributed by atoms with Gasteiger partial charge in [0.25, 0.3) is 0 Å². The lowest BCUT2D eigenvalue weighted by molar-refractivity contribution is 0.0331. The number of benzene rings is 1. The molecule has 2 aliphatic rings. The van der Waals surface area contributed by atoms with E-state index in [1.54, 1.807) is 6.20 Å². The predicted molar refractivity (Wildman–Crippen MR) is 111 cm³/mol. The number of H-pyrrole nitrogens is 1. The molecular weight excluding hydrogens is 370 g/mol. The molecule has 0 atom stereocenters. The van der Waals surface area contributed by atoms with E-state index in [-0.39, 0.29) is 0 Å². The van der Waals surface area contributed by atoms with Crippen molar-refractivity contribution in [1.29, 1.82) is 0 Å². The van der Waals surface area contributed by atoms with Crippen molar-refractivity contribution in [3.63, 3.8) is 0 Å². The Hall–Kier alpha value is -2.75. The van der Waals surface area contributed by atoms with Crippen LogP contribution >= 0.6 is 0 Å². The van der Waals surface area contributed by atoms with E-state index in [0.29, 0.717) is 6.54 Å². The molecule has 9 heteroatoms. The molecule has 0 saturated carbocycles. The quantitative estimate of drug-likeness (QED) is 0.675. The summed E-state index contributed by atoms with van der Waals surface area (Å²) in [5.74, 6) is 1.53. The van der Waals surface area contributed by atoms with E-state index in [2.05, 4.69) is 54.6 Å². The predicted octanol–water partition coefficient (Wildman–Crippen LogP) is 1.77. The zero-order valence-corrected chi connectivity index (χ0v) is 16.3. The molecule has 0 radical (unpaired) electrons. The summed E-state index contributed by atoms with van der Waals surface area (Å²) in [5.41, 5.74) is 3.82. The molecule has 0 unspecified atom stereocenters. The summed E-state index contributed by atoms with van der Waals surface area (Å²) in [6.45, 7) is 7.45. The summed E-state index contributed by atoms with van der Waals surface area (Å²) in [6.07, 6.45) is 1.74. The maximum absolute atomic E-state index is 5.43. The molecule has 4 heterocycles. The number of morpholine rings is 2. The van der Waals surface area contributed by atoms with E-state index in [4.69, 9.17) is 14.5 Å². The van der Waals surface area contributed by atoms with Crippen LogP contribution in [-0.4, -0.2) is 77.7 Å². The minimum Gasteiger partial charge on any atom is -0.379 e. The van der Waals surface area contributed by atoms with Crippen LogP contribution < -0.4 is 10.2 Å². The van der Waals surface area contributed by atoms with Crippen LogP contribution in [0.5, 0.6) is 0 Å². The topological polar surface area (TPSA) is 91.4 Å². The van der Waals surface area contributed by atoms with Crippen LogP contribution in [-0.2, 0) is 16.0 Å². The zero-order chi connectivity index (χ0) is 19.5. The molecule has 5 rings (SSSR count). The molecule has 0 aliphatic carbocycles. The van der Waals surface area contributed by atoms with Crippen molar-refractivity contribution in [3.8, 4) is 0 Å². The van der Waals surface area contributed by atoms with Gasteiger partial charge in [0.2, 0.25) is 0 Å². The van der Waals surface area contributed by atoms with Crippen molar-refractivity contribution in [1.82, 2.24) is 25.1 Å². The number of anilines is 3. The largest absolute Gasteiger partial charge is 0.379 e. The van der Waals surface area contributed by atoms with Gasteiger partial charge in [0.05, 0.1) is 39.2 Å². The van der Waals surface area contributed by atoms with Gasteiger partial charge in [0.15, 0.2) is 5.82 Å². The van der Waals surface area contributed by atoms with Gasteiger partial charge in [-0.1, -0.05) is 0 Å². The summed E-state index contributed by atoms with van der Waals surface area (Å²) < 4.78 is 10.9. The molecule has 152 valence electrons. The Balaban J connectivity index is 1.35. The van der Waals surface area contributed by atoms with E-state index >= 15 is 0 Å². The van der Waals surface area contributed by atoms with Crippen molar-refractivity contribution < 1.29 is 9.47 Å². The SMILES string of the molecule is c1cc(N2CCOCC2)ccc1Nc1nc(CN2CCOCC2)nc2cn[nH]c12. The summed E-state index contributed by atoms with van der Waals surface area (Å²) in [7, 11) is 0. The second-order valence-corrected chi connectivity index (χ2v) is 7.28. The number of ether oxygens (including phenoxy) is 2. The smallest absolute Gasteiger partial charge is 0.160 e. The number of hydrogen-bond acceptors (Lipinski definition) is 8. The van der Waals surface area contributed by atoms with Crippen LogP contribution in [0.4, 0.5) is 17.2 Å². The number of aromatic amines is 1. The van der Waals surface area contributed by atoms with Gasteiger partial charge in [0.1, 0.15) is 16.9 Å². The van der Waals surface area contributed by atoms with Crippen molar-refractivity contribution in [2.75, 3.05) is 62.8 Å². The third-order valence-corrected chi connectivity index (χ3v) is 5.32. The maximum atomic E-state index is 5.43. The first-order valence-corrected chi connectivity index (χ1v) is 10.0. The summed E-state index contributed by atoms with van der Waals surface area (Å²) in [6, 6.07) is 8.43. The van der Waals surface area contributed by atoms with Gasteiger partial charge >= 0.3 is 0 Å². The van der Waals surface area contributed by atoms with Gasteiger partial charge in [-0.05, 0) is 24.3 Å². The monoisotopic (exact) mass is 395 g/mol. The van der Waals surface area contributed by atoms with E-state index in [1.807, 2.05) is 0 Å². The Labute approximate surface area is 169 Å². The third kappa shape index (κ3) is 4.16. The number of aromatic nitrogens is 4. The van der Waals surface area contributed by atoms with E-state index in [9.17, 15) is 0 Å². The van der Waals surface area contributed by atoms with Crippen molar-refractivity contribution in [2.24, 2.45) is 0 Å². The fraction of sp³-hybridized carbons (Fsp3) is 0.450. The minimum absolute atomic E-state index is 0.704. The lowest BCUT2D eigenvalue weighted by atomic mass is 10.2. The maximum Gasteiger partial charge on any atom is 0.160 e. The molecule has 2 fully saturated rings. The molecule has 2 aliphatic heterocycles. The molecule has 2 aromatic heterocycles. The number of hydrogen-bond donors (Lipinski definition) is 2. The molecule has 3 aromatic rings. The van der Waals surface area contributed by atoms with Crippen LogP contribution in [0.3, 0.4) is 0 Å². The van der Waals surface area contributed by atoms with Crippen molar-refractivity contribution in [2.45, 2.75) is 6.54 Å². The van der Waals surface area contributed by atoms with E-state index in [1.165, 1.54) is 5.69 Å². The average Bonchev–Trinajstić information content (AvgIpc) is 3.25. The molecule has 0 spiro atoms. The lowest BCUT2D eigenvalue weighted by Gasteiger charge is -2.29. The Morgan fingerprint density at radius 2 is 1.66 bits per heavy atom. The summed E-state index contributed by atoms with van der Waals surface area (Å²) in [4.78, 5) is 14.1. The summed E-state index contributed by atoms with van der Waals surface area (Å²) >= 11 is 0. The Kier molecular flexibility index (Phi) is 5.25. The number of rotatable bonds is 5.